The van der Waals surface area contributed by atoms with Crippen molar-refractivity contribution in [3.05, 3.63) is 35.9 Å². The van der Waals surface area contributed by atoms with Crippen molar-refractivity contribution in [1.29, 1.82) is 0 Å². The molecule has 1 rings (SSSR count). The second-order valence-electron chi connectivity index (χ2n) is 4.14. The average Bonchev–Trinajstić information content (AvgIpc) is 2.35. The molecule has 0 aromatic heterocycles. The number of hydrogen-bond donors (Lipinski definition) is 1. The van der Waals surface area contributed by atoms with Crippen LogP contribution in [0.5, 0.6) is 0 Å². The van der Waals surface area contributed by atoms with Gasteiger partial charge in [0.1, 0.15) is 12.4 Å². The number of hydroxylamine groups is 2. The molecule has 5 nitrogen and oxygen atoms in total. The zero-order valence-corrected chi connectivity index (χ0v) is 10.5. The van der Waals surface area contributed by atoms with Crippen molar-refractivity contribution >= 4 is 11.9 Å². The molecule has 18 heavy (non-hydrogen) atoms. The third-order valence-corrected chi connectivity index (χ3v) is 2.39. The lowest BCUT2D eigenvalue weighted by Gasteiger charge is -2.20. The Morgan fingerprint density at radius 2 is 1.94 bits per heavy atom. The summed E-state index contributed by atoms with van der Waals surface area (Å²) in [6.07, 6.45) is -0.760. The van der Waals surface area contributed by atoms with Crippen molar-refractivity contribution in [3.63, 3.8) is 0 Å². The second kappa shape index (κ2) is 6.76. The molecular weight excluding hydrogens is 234 g/mol. The quantitative estimate of drug-likeness (QED) is 0.644. The maximum absolute atomic E-state index is 11.5. The van der Waals surface area contributed by atoms with E-state index in [0.29, 0.717) is 5.06 Å². The van der Waals surface area contributed by atoms with Crippen LogP contribution in [0.2, 0.25) is 0 Å². The molecule has 0 aliphatic rings. The Bertz CT molecular complexity index is 405. The van der Waals surface area contributed by atoms with E-state index >= 15 is 0 Å². The molecule has 0 radical (unpaired) electrons. The number of Topliss-reactive ketones (excluding diaryl/α,β-unsaturated/α-hetero) is 1. The molecule has 0 spiro atoms. The van der Waals surface area contributed by atoms with E-state index in [0.717, 1.165) is 5.56 Å². The first-order valence-corrected chi connectivity index (χ1v) is 5.69. The minimum Gasteiger partial charge on any atom is -0.443 e. The third kappa shape index (κ3) is 4.55. The van der Waals surface area contributed by atoms with Gasteiger partial charge in [0.15, 0.2) is 0 Å². The fourth-order valence-corrected chi connectivity index (χ4v) is 1.47. The first-order valence-electron chi connectivity index (χ1n) is 5.69. The smallest absolute Gasteiger partial charge is 0.434 e. The van der Waals surface area contributed by atoms with Crippen LogP contribution >= 0.6 is 0 Å². The fourth-order valence-electron chi connectivity index (χ4n) is 1.47. The van der Waals surface area contributed by atoms with Gasteiger partial charge in [-0.05, 0) is 19.4 Å². The Labute approximate surface area is 106 Å². The number of hydrogen-bond acceptors (Lipinski definition) is 4. The highest BCUT2D eigenvalue weighted by Gasteiger charge is 2.20. The van der Waals surface area contributed by atoms with Crippen LogP contribution in [0.3, 0.4) is 0 Å². The van der Waals surface area contributed by atoms with Gasteiger partial charge in [-0.3, -0.25) is 10.0 Å². The van der Waals surface area contributed by atoms with Gasteiger partial charge < -0.3 is 4.74 Å². The van der Waals surface area contributed by atoms with Crippen LogP contribution in [0, 0.1) is 0 Å². The van der Waals surface area contributed by atoms with Crippen LogP contribution in [0.4, 0.5) is 4.79 Å². The lowest BCUT2D eigenvalue weighted by molar-refractivity contribution is -0.126. The summed E-state index contributed by atoms with van der Waals surface area (Å²) in [6, 6.07) is 8.56. The van der Waals surface area contributed by atoms with Crippen LogP contribution in [-0.2, 0) is 16.1 Å². The van der Waals surface area contributed by atoms with E-state index < -0.39 is 12.1 Å². The summed E-state index contributed by atoms with van der Waals surface area (Å²) in [7, 11) is 0. The highest BCUT2D eigenvalue weighted by Crippen LogP contribution is 2.06. The van der Waals surface area contributed by atoms with Crippen molar-refractivity contribution in [2.75, 3.05) is 0 Å². The summed E-state index contributed by atoms with van der Waals surface area (Å²) in [5.41, 5.74) is 0.832. The maximum atomic E-state index is 11.5. The standard InChI is InChI=1S/C13H17NO4/c1-10(8-11(2)15)14(17)13(16)18-9-12-6-4-3-5-7-12/h3-7,10,17H,8-9H2,1-2H3. The van der Waals surface area contributed by atoms with Crippen LogP contribution in [0.15, 0.2) is 30.3 Å². The maximum Gasteiger partial charge on any atom is 0.434 e. The second-order valence-corrected chi connectivity index (χ2v) is 4.14. The number of rotatable bonds is 5. The van der Waals surface area contributed by atoms with Gasteiger partial charge in [-0.2, -0.15) is 5.06 Å². The van der Waals surface area contributed by atoms with Gasteiger partial charge >= 0.3 is 6.09 Å². The Balaban J connectivity index is 2.43. The topological polar surface area (TPSA) is 66.8 Å². The van der Waals surface area contributed by atoms with Crippen LogP contribution < -0.4 is 0 Å². The molecule has 0 heterocycles. The molecule has 0 aliphatic carbocycles. The molecule has 98 valence electrons. The fraction of sp³-hybridized carbons (Fsp3) is 0.385. The SMILES string of the molecule is CC(=O)CC(C)N(O)C(=O)OCc1ccccc1. The molecular formula is C13H17NO4. The number of nitrogens with zero attached hydrogens (tertiary/aromatic N) is 1. The predicted molar refractivity (Wildman–Crippen MR) is 65.0 cm³/mol. The summed E-state index contributed by atoms with van der Waals surface area (Å²) in [5.74, 6) is -0.0996. The van der Waals surface area contributed by atoms with Gasteiger partial charge in [0.05, 0.1) is 6.04 Å². The Hall–Kier alpha value is -1.88. The van der Waals surface area contributed by atoms with E-state index in [1.807, 2.05) is 30.3 Å². The summed E-state index contributed by atoms with van der Waals surface area (Å²) in [6.45, 7) is 3.06. The largest absolute Gasteiger partial charge is 0.443 e. The minimum absolute atomic E-state index is 0.0868. The zero-order chi connectivity index (χ0) is 13.5. The average molecular weight is 251 g/mol. The monoisotopic (exact) mass is 251 g/mol. The molecule has 1 aromatic carbocycles. The summed E-state index contributed by atoms with van der Waals surface area (Å²) < 4.78 is 4.92. The van der Waals surface area contributed by atoms with E-state index in [4.69, 9.17) is 4.74 Å². The zero-order valence-electron chi connectivity index (χ0n) is 10.5. The molecule has 5 heteroatoms. The summed E-state index contributed by atoms with van der Waals surface area (Å²) >= 11 is 0. The first-order chi connectivity index (χ1) is 8.50. The third-order valence-electron chi connectivity index (χ3n) is 2.39. The van der Waals surface area contributed by atoms with Crippen molar-refractivity contribution in [2.45, 2.75) is 32.9 Å². The number of amides is 1. The van der Waals surface area contributed by atoms with Gasteiger partial charge in [0, 0.05) is 6.42 Å². The Morgan fingerprint density at radius 3 is 2.50 bits per heavy atom. The number of carbonyl (C=O) groups is 2. The van der Waals surface area contributed by atoms with Gasteiger partial charge in [-0.25, -0.2) is 4.79 Å². The van der Waals surface area contributed by atoms with Crippen LogP contribution in [-0.4, -0.2) is 28.2 Å². The van der Waals surface area contributed by atoms with Gasteiger partial charge in [0.25, 0.3) is 0 Å². The molecule has 0 fully saturated rings. The Kier molecular flexibility index (Phi) is 5.32. The highest BCUT2D eigenvalue weighted by atomic mass is 16.6. The molecule has 0 saturated carbocycles. The number of ether oxygens (including phenoxy) is 1. The van der Waals surface area contributed by atoms with Crippen molar-refractivity contribution in [3.8, 4) is 0 Å². The van der Waals surface area contributed by atoms with E-state index in [2.05, 4.69) is 0 Å². The van der Waals surface area contributed by atoms with Crippen LogP contribution in [0.1, 0.15) is 25.8 Å². The molecule has 0 aliphatic heterocycles. The number of carbonyl (C=O) groups excluding carboxylic acids is 2. The lowest BCUT2D eigenvalue weighted by atomic mass is 10.2. The van der Waals surface area contributed by atoms with E-state index in [-0.39, 0.29) is 18.8 Å². The summed E-state index contributed by atoms with van der Waals surface area (Å²) in [4.78, 5) is 22.4. The first kappa shape index (κ1) is 14.2. The normalized spacial score (nSPS) is 11.7. The van der Waals surface area contributed by atoms with Crippen molar-refractivity contribution in [1.82, 2.24) is 5.06 Å². The molecule has 1 amide bonds. The van der Waals surface area contributed by atoms with Gasteiger partial charge in [-0.15, -0.1) is 0 Å². The molecule has 1 N–H and O–H groups in total. The van der Waals surface area contributed by atoms with Crippen molar-refractivity contribution < 1.29 is 19.5 Å². The minimum atomic E-state index is -0.854. The molecule has 0 saturated heterocycles. The molecule has 1 aromatic rings. The Morgan fingerprint density at radius 1 is 1.33 bits per heavy atom. The molecule has 1 unspecified atom stereocenters. The molecule has 0 bridgehead atoms. The summed E-state index contributed by atoms with van der Waals surface area (Å²) in [5, 5.41) is 9.97. The highest BCUT2D eigenvalue weighted by molar-refractivity contribution is 5.77. The lowest BCUT2D eigenvalue weighted by Crippen LogP contribution is -2.37. The van der Waals surface area contributed by atoms with Crippen molar-refractivity contribution in [2.24, 2.45) is 0 Å². The van der Waals surface area contributed by atoms with Crippen LogP contribution in [0.25, 0.3) is 0 Å². The van der Waals surface area contributed by atoms with E-state index in [9.17, 15) is 14.8 Å². The van der Waals surface area contributed by atoms with Gasteiger partial charge in [0.2, 0.25) is 0 Å². The van der Waals surface area contributed by atoms with E-state index in [1.165, 1.54) is 6.92 Å². The number of benzene rings is 1. The van der Waals surface area contributed by atoms with Gasteiger partial charge in [-0.1, -0.05) is 30.3 Å². The number of ketones is 1. The molecule has 1 atom stereocenters. The van der Waals surface area contributed by atoms with E-state index in [1.54, 1.807) is 6.92 Å². The predicted octanol–water partition coefficient (Wildman–Crippen LogP) is 2.38.